The molecule has 2 atom stereocenters. The SMILES string of the molecule is CCN(C1(CN)CCCC(C)C1)S(=O)(=O)C1CCOCC1. The summed E-state index contributed by atoms with van der Waals surface area (Å²) in [7, 11) is -3.29. The molecule has 6 heteroatoms. The molecule has 0 amide bonds. The largest absolute Gasteiger partial charge is 0.381 e. The Labute approximate surface area is 129 Å². The van der Waals surface area contributed by atoms with Crippen molar-refractivity contribution in [2.24, 2.45) is 11.7 Å². The van der Waals surface area contributed by atoms with Crippen molar-refractivity contribution in [1.82, 2.24) is 4.31 Å². The molecule has 0 aromatic rings. The van der Waals surface area contributed by atoms with E-state index >= 15 is 0 Å². The highest BCUT2D eigenvalue weighted by molar-refractivity contribution is 7.89. The van der Waals surface area contributed by atoms with Crippen LogP contribution < -0.4 is 5.73 Å². The van der Waals surface area contributed by atoms with Crippen molar-refractivity contribution in [3.63, 3.8) is 0 Å². The van der Waals surface area contributed by atoms with Crippen LogP contribution in [0, 0.1) is 5.92 Å². The van der Waals surface area contributed by atoms with Gasteiger partial charge in [-0.3, -0.25) is 0 Å². The lowest BCUT2D eigenvalue weighted by atomic mass is 9.76. The molecule has 2 unspecified atom stereocenters. The van der Waals surface area contributed by atoms with Crippen LogP contribution in [-0.2, 0) is 14.8 Å². The highest BCUT2D eigenvalue weighted by Gasteiger charge is 2.46. The standard InChI is InChI=1S/C15H30N2O3S/c1-3-17(15(12-16)8-4-5-13(2)11-15)21(18,19)14-6-9-20-10-7-14/h13-14H,3-12,16H2,1-2H3. The lowest BCUT2D eigenvalue weighted by molar-refractivity contribution is 0.0884. The first-order chi connectivity index (χ1) is 9.96. The molecule has 1 aliphatic carbocycles. The summed E-state index contributed by atoms with van der Waals surface area (Å²) >= 11 is 0. The molecular weight excluding hydrogens is 288 g/mol. The van der Waals surface area contributed by atoms with Crippen LogP contribution in [0.15, 0.2) is 0 Å². The second kappa shape index (κ2) is 6.94. The van der Waals surface area contributed by atoms with E-state index in [4.69, 9.17) is 10.5 Å². The third-order valence-electron chi connectivity index (χ3n) is 5.16. The number of hydrogen-bond acceptors (Lipinski definition) is 4. The van der Waals surface area contributed by atoms with Crippen molar-refractivity contribution in [2.45, 2.75) is 63.2 Å². The third kappa shape index (κ3) is 3.44. The number of likely N-dealkylation sites (N-methyl/N-ethyl adjacent to an activating group) is 1. The van der Waals surface area contributed by atoms with Gasteiger partial charge in [0.15, 0.2) is 0 Å². The van der Waals surface area contributed by atoms with Crippen molar-refractivity contribution in [3.05, 3.63) is 0 Å². The predicted octanol–water partition coefficient (Wildman–Crippen LogP) is 1.72. The molecule has 124 valence electrons. The molecule has 0 radical (unpaired) electrons. The van der Waals surface area contributed by atoms with Crippen molar-refractivity contribution in [1.29, 1.82) is 0 Å². The minimum Gasteiger partial charge on any atom is -0.381 e. The van der Waals surface area contributed by atoms with Crippen LogP contribution >= 0.6 is 0 Å². The quantitative estimate of drug-likeness (QED) is 0.838. The molecule has 2 aliphatic rings. The van der Waals surface area contributed by atoms with Gasteiger partial charge in [-0.15, -0.1) is 0 Å². The van der Waals surface area contributed by atoms with E-state index in [2.05, 4.69) is 6.92 Å². The van der Waals surface area contributed by atoms with Crippen LogP contribution in [0.5, 0.6) is 0 Å². The summed E-state index contributed by atoms with van der Waals surface area (Å²) in [5, 5.41) is -0.299. The average molecular weight is 318 g/mol. The summed E-state index contributed by atoms with van der Waals surface area (Å²) < 4.78 is 33.3. The normalized spacial score (nSPS) is 32.5. The number of nitrogens with two attached hydrogens (primary N) is 1. The molecule has 0 aromatic carbocycles. The Kier molecular flexibility index (Phi) is 5.68. The summed E-state index contributed by atoms with van der Waals surface area (Å²) in [6.07, 6.45) is 5.24. The molecule has 1 aliphatic heterocycles. The van der Waals surface area contributed by atoms with E-state index in [9.17, 15) is 8.42 Å². The molecule has 2 fully saturated rings. The summed E-state index contributed by atoms with van der Waals surface area (Å²) in [5.74, 6) is 0.543. The van der Waals surface area contributed by atoms with Gasteiger partial charge in [0.2, 0.25) is 10.0 Å². The highest BCUT2D eigenvalue weighted by Crippen LogP contribution is 2.39. The summed E-state index contributed by atoms with van der Waals surface area (Å²) in [4.78, 5) is 0. The van der Waals surface area contributed by atoms with Gasteiger partial charge in [0.25, 0.3) is 0 Å². The molecule has 1 saturated heterocycles. The summed E-state index contributed by atoms with van der Waals surface area (Å²) in [6.45, 7) is 6.18. The number of ether oxygens (including phenoxy) is 1. The minimum absolute atomic E-state index is 0.299. The lowest BCUT2D eigenvalue weighted by Gasteiger charge is -2.47. The van der Waals surface area contributed by atoms with Crippen LogP contribution in [0.2, 0.25) is 0 Å². The van der Waals surface area contributed by atoms with Crippen LogP contribution in [-0.4, -0.2) is 49.8 Å². The number of rotatable bonds is 5. The van der Waals surface area contributed by atoms with Gasteiger partial charge in [0, 0.05) is 31.8 Å². The zero-order chi connectivity index (χ0) is 15.5. The zero-order valence-electron chi connectivity index (χ0n) is 13.4. The number of hydrogen-bond donors (Lipinski definition) is 1. The molecule has 0 aromatic heterocycles. The first kappa shape index (κ1) is 17.2. The predicted molar refractivity (Wildman–Crippen MR) is 84.6 cm³/mol. The van der Waals surface area contributed by atoms with E-state index in [1.54, 1.807) is 4.31 Å². The lowest BCUT2D eigenvalue weighted by Crippen LogP contribution is -2.60. The monoisotopic (exact) mass is 318 g/mol. The molecule has 2 rings (SSSR count). The van der Waals surface area contributed by atoms with Crippen LogP contribution in [0.3, 0.4) is 0 Å². The van der Waals surface area contributed by atoms with Gasteiger partial charge in [0.05, 0.1) is 5.25 Å². The Morgan fingerprint density at radius 1 is 1.29 bits per heavy atom. The van der Waals surface area contributed by atoms with Crippen molar-refractivity contribution in [3.8, 4) is 0 Å². The molecule has 2 N–H and O–H groups in total. The van der Waals surface area contributed by atoms with Gasteiger partial charge >= 0.3 is 0 Å². The maximum atomic E-state index is 13.1. The Hall–Kier alpha value is -0.170. The van der Waals surface area contributed by atoms with E-state index in [-0.39, 0.29) is 10.8 Å². The van der Waals surface area contributed by atoms with Gasteiger partial charge in [0.1, 0.15) is 0 Å². The smallest absolute Gasteiger partial charge is 0.217 e. The fourth-order valence-corrected chi connectivity index (χ4v) is 6.37. The van der Waals surface area contributed by atoms with Gasteiger partial charge in [-0.2, -0.15) is 4.31 Å². The van der Waals surface area contributed by atoms with E-state index in [0.717, 1.165) is 19.3 Å². The van der Waals surface area contributed by atoms with E-state index in [0.29, 0.717) is 45.1 Å². The topological polar surface area (TPSA) is 72.6 Å². The third-order valence-corrected chi connectivity index (χ3v) is 7.73. The Bertz CT molecular complexity index is 434. The maximum absolute atomic E-state index is 13.1. The van der Waals surface area contributed by atoms with Gasteiger partial charge in [-0.05, 0) is 31.6 Å². The Morgan fingerprint density at radius 3 is 2.48 bits per heavy atom. The van der Waals surface area contributed by atoms with Gasteiger partial charge < -0.3 is 10.5 Å². The van der Waals surface area contributed by atoms with E-state index in [1.165, 1.54) is 6.42 Å². The molecule has 1 heterocycles. The van der Waals surface area contributed by atoms with Crippen molar-refractivity contribution in [2.75, 3.05) is 26.3 Å². The van der Waals surface area contributed by atoms with Crippen molar-refractivity contribution >= 4 is 10.0 Å². The molecule has 0 bridgehead atoms. The molecule has 5 nitrogen and oxygen atoms in total. The second-order valence-corrected chi connectivity index (χ2v) is 8.79. The fraction of sp³-hybridized carbons (Fsp3) is 1.00. The highest BCUT2D eigenvalue weighted by atomic mass is 32.2. The van der Waals surface area contributed by atoms with E-state index in [1.807, 2.05) is 6.92 Å². The molecule has 21 heavy (non-hydrogen) atoms. The number of nitrogens with zero attached hydrogens (tertiary/aromatic N) is 1. The van der Waals surface area contributed by atoms with Crippen LogP contribution in [0.4, 0.5) is 0 Å². The molecular formula is C15H30N2O3S. The summed E-state index contributed by atoms with van der Waals surface area (Å²) in [6, 6.07) is 0. The van der Waals surface area contributed by atoms with Gasteiger partial charge in [-0.25, -0.2) is 8.42 Å². The van der Waals surface area contributed by atoms with E-state index < -0.39 is 10.0 Å². The van der Waals surface area contributed by atoms with Gasteiger partial charge in [-0.1, -0.05) is 26.7 Å². The second-order valence-electron chi connectivity index (χ2n) is 6.65. The van der Waals surface area contributed by atoms with Crippen molar-refractivity contribution < 1.29 is 13.2 Å². The zero-order valence-corrected chi connectivity index (χ0v) is 14.2. The summed E-state index contributed by atoms with van der Waals surface area (Å²) in [5.41, 5.74) is 5.70. The van der Waals surface area contributed by atoms with Crippen LogP contribution in [0.1, 0.15) is 52.4 Å². The van der Waals surface area contributed by atoms with Crippen LogP contribution in [0.25, 0.3) is 0 Å². The first-order valence-electron chi connectivity index (χ1n) is 8.26. The Balaban J connectivity index is 2.27. The Morgan fingerprint density at radius 2 is 1.95 bits per heavy atom. The minimum atomic E-state index is -3.29. The average Bonchev–Trinajstić information content (AvgIpc) is 2.48. The fourth-order valence-electron chi connectivity index (χ4n) is 4.09. The molecule has 0 spiro atoms. The number of sulfonamides is 1. The maximum Gasteiger partial charge on any atom is 0.217 e. The molecule has 1 saturated carbocycles. The first-order valence-corrected chi connectivity index (χ1v) is 9.76.